The van der Waals surface area contributed by atoms with E-state index in [0.717, 1.165) is 16.9 Å². The van der Waals surface area contributed by atoms with E-state index in [0.29, 0.717) is 21.5 Å². The van der Waals surface area contributed by atoms with E-state index in [2.05, 4.69) is 20.5 Å². The van der Waals surface area contributed by atoms with Gasteiger partial charge in [0.25, 0.3) is 11.7 Å². The molecule has 0 spiro atoms. The molecule has 26 heavy (non-hydrogen) atoms. The standard InChI is InChI=1S/C18H11FN4O2S/c19-11-7-5-10(6-8-11)17-22-23-18(26-17)21-16(25)15(24)13-9-20-14-4-2-1-3-12(13)14/h1-9,20H,(H,21,23,25). The fraction of sp³-hybridized carbons (Fsp3) is 0. The first-order valence-corrected chi connectivity index (χ1v) is 8.45. The van der Waals surface area contributed by atoms with E-state index in [1.807, 2.05) is 12.1 Å². The maximum atomic E-state index is 13.0. The van der Waals surface area contributed by atoms with Crippen LogP contribution in [0.3, 0.4) is 0 Å². The number of aromatic amines is 1. The second-order valence-electron chi connectivity index (χ2n) is 5.45. The smallest absolute Gasteiger partial charge is 0.298 e. The Morgan fingerprint density at radius 2 is 1.81 bits per heavy atom. The zero-order chi connectivity index (χ0) is 18.1. The van der Waals surface area contributed by atoms with Crippen LogP contribution in [0.2, 0.25) is 0 Å². The molecule has 0 aliphatic heterocycles. The summed E-state index contributed by atoms with van der Waals surface area (Å²) in [6.07, 6.45) is 1.51. The number of para-hydroxylation sites is 1. The molecule has 2 heterocycles. The number of halogens is 1. The van der Waals surface area contributed by atoms with Gasteiger partial charge in [0.1, 0.15) is 10.8 Å². The van der Waals surface area contributed by atoms with Crippen molar-refractivity contribution in [1.29, 1.82) is 0 Å². The number of benzene rings is 2. The molecule has 2 aromatic heterocycles. The predicted molar refractivity (Wildman–Crippen MR) is 96.6 cm³/mol. The van der Waals surface area contributed by atoms with Crippen LogP contribution in [0.4, 0.5) is 9.52 Å². The van der Waals surface area contributed by atoms with Gasteiger partial charge in [0, 0.05) is 22.7 Å². The molecule has 0 fully saturated rings. The number of hydrogen-bond acceptors (Lipinski definition) is 5. The fourth-order valence-electron chi connectivity index (χ4n) is 2.52. The fourth-order valence-corrected chi connectivity index (χ4v) is 3.26. The van der Waals surface area contributed by atoms with E-state index in [9.17, 15) is 14.0 Å². The monoisotopic (exact) mass is 366 g/mol. The number of carbonyl (C=O) groups excluding carboxylic acids is 2. The maximum Gasteiger partial charge on any atom is 0.298 e. The molecule has 4 rings (SSSR count). The van der Waals surface area contributed by atoms with Gasteiger partial charge in [-0.3, -0.25) is 14.9 Å². The van der Waals surface area contributed by atoms with Crippen molar-refractivity contribution in [2.45, 2.75) is 0 Å². The summed E-state index contributed by atoms with van der Waals surface area (Å²) < 4.78 is 13.0. The van der Waals surface area contributed by atoms with Gasteiger partial charge in [0.05, 0.1) is 5.56 Å². The first-order chi connectivity index (χ1) is 12.6. The highest BCUT2D eigenvalue weighted by molar-refractivity contribution is 7.18. The molecule has 0 radical (unpaired) electrons. The number of Topliss-reactive ketones (excluding diaryl/α,β-unsaturated/α-hetero) is 1. The number of H-pyrrole nitrogens is 1. The van der Waals surface area contributed by atoms with Gasteiger partial charge in [-0.2, -0.15) is 0 Å². The quantitative estimate of drug-likeness (QED) is 0.426. The van der Waals surface area contributed by atoms with Gasteiger partial charge in [0.2, 0.25) is 5.13 Å². The normalized spacial score (nSPS) is 10.8. The lowest BCUT2D eigenvalue weighted by molar-refractivity contribution is -0.112. The van der Waals surface area contributed by atoms with Gasteiger partial charge in [-0.25, -0.2) is 4.39 Å². The summed E-state index contributed by atoms with van der Waals surface area (Å²) in [7, 11) is 0. The molecule has 4 aromatic rings. The Morgan fingerprint density at radius 3 is 2.62 bits per heavy atom. The Balaban J connectivity index is 1.53. The molecular formula is C18H11FN4O2S. The van der Waals surface area contributed by atoms with Crippen LogP contribution in [-0.4, -0.2) is 26.9 Å². The molecule has 0 saturated carbocycles. The van der Waals surface area contributed by atoms with Crippen molar-refractivity contribution in [2.75, 3.05) is 5.32 Å². The molecule has 0 aliphatic rings. The highest BCUT2D eigenvalue weighted by Gasteiger charge is 2.21. The molecule has 8 heteroatoms. The Hall–Kier alpha value is -3.39. The first kappa shape index (κ1) is 16.1. The minimum atomic E-state index is -0.795. The molecule has 128 valence electrons. The number of ketones is 1. The zero-order valence-electron chi connectivity index (χ0n) is 13.2. The minimum Gasteiger partial charge on any atom is -0.360 e. The number of aromatic nitrogens is 3. The summed E-state index contributed by atoms with van der Waals surface area (Å²) in [4.78, 5) is 27.6. The maximum absolute atomic E-state index is 13.0. The van der Waals surface area contributed by atoms with Crippen LogP contribution in [0.15, 0.2) is 54.7 Å². The van der Waals surface area contributed by atoms with Crippen molar-refractivity contribution in [3.63, 3.8) is 0 Å². The summed E-state index contributed by atoms with van der Waals surface area (Å²) in [5, 5.41) is 11.7. The van der Waals surface area contributed by atoms with Crippen LogP contribution in [0, 0.1) is 5.82 Å². The van der Waals surface area contributed by atoms with Gasteiger partial charge >= 0.3 is 0 Å². The third kappa shape index (κ3) is 2.98. The van der Waals surface area contributed by atoms with Crippen LogP contribution in [0.1, 0.15) is 10.4 Å². The number of carbonyl (C=O) groups is 2. The topological polar surface area (TPSA) is 87.7 Å². The van der Waals surface area contributed by atoms with Gasteiger partial charge in [0.15, 0.2) is 0 Å². The van der Waals surface area contributed by atoms with Crippen molar-refractivity contribution in [3.05, 3.63) is 66.1 Å². The Labute approximate surface area is 150 Å². The minimum absolute atomic E-state index is 0.197. The number of hydrogen-bond donors (Lipinski definition) is 2. The zero-order valence-corrected chi connectivity index (χ0v) is 14.0. The van der Waals surface area contributed by atoms with E-state index < -0.39 is 11.7 Å². The van der Waals surface area contributed by atoms with Gasteiger partial charge in [-0.05, 0) is 30.3 Å². The molecule has 2 aromatic carbocycles. The summed E-state index contributed by atoms with van der Waals surface area (Å²) in [6, 6.07) is 13.0. The van der Waals surface area contributed by atoms with Crippen molar-refractivity contribution in [2.24, 2.45) is 0 Å². The highest BCUT2D eigenvalue weighted by Crippen LogP contribution is 2.26. The summed E-state index contributed by atoms with van der Waals surface area (Å²) in [5.74, 6) is -1.81. The van der Waals surface area contributed by atoms with Crippen LogP contribution in [0.5, 0.6) is 0 Å². The van der Waals surface area contributed by atoms with E-state index in [-0.39, 0.29) is 10.9 Å². The molecule has 0 bridgehead atoms. The van der Waals surface area contributed by atoms with Crippen LogP contribution in [-0.2, 0) is 4.79 Å². The Morgan fingerprint density at radius 1 is 1.04 bits per heavy atom. The van der Waals surface area contributed by atoms with Gasteiger partial charge < -0.3 is 4.98 Å². The van der Waals surface area contributed by atoms with Gasteiger partial charge in [-0.15, -0.1) is 10.2 Å². The third-order valence-corrected chi connectivity index (χ3v) is 4.66. The third-order valence-electron chi connectivity index (χ3n) is 3.78. The van der Waals surface area contributed by atoms with Crippen LogP contribution < -0.4 is 5.32 Å². The summed E-state index contributed by atoms with van der Waals surface area (Å²) in [5.41, 5.74) is 1.74. The van der Waals surface area contributed by atoms with Gasteiger partial charge in [-0.1, -0.05) is 29.5 Å². The second-order valence-corrected chi connectivity index (χ2v) is 6.43. The summed E-state index contributed by atoms with van der Waals surface area (Å²) in [6.45, 7) is 0. The molecule has 0 saturated heterocycles. The molecule has 1 amide bonds. The lowest BCUT2D eigenvalue weighted by atomic mass is 10.1. The summed E-state index contributed by atoms with van der Waals surface area (Å²) >= 11 is 1.10. The number of anilines is 1. The lowest BCUT2D eigenvalue weighted by Crippen LogP contribution is -2.22. The largest absolute Gasteiger partial charge is 0.360 e. The number of fused-ring (bicyclic) bond motifs is 1. The Bertz CT molecular complexity index is 1120. The molecule has 0 aliphatic carbocycles. The number of amides is 1. The SMILES string of the molecule is O=C(Nc1nnc(-c2ccc(F)cc2)s1)C(=O)c1c[nH]c2ccccc12. The van der Waals surface area contributed by atoms with E-state index in [1.165, 1.54) is 18.3 Å². The molecular weight excluding hydrogens is 355 g/mol. The number of nitrogens with one attached hydrogen (secondary N) is 2. The molecule has 2 N–H and O–H groups in total. The average Bonchev–Trinajstić information content (AvgIpc) is 3.29. The lowest BCUT2D eigenvalue weighted by Gasteiger charge is -1.99. The first-order valence-electron chi connectivity index (χ1n) is 7.63. The van der Waals surface area contributed by atoms with Crippen molar-refractivity contribution < 1.29 is 14.0 Å². The molecule has 6 nitrogen and oxygen atoms in total. The van der Waals surface area contributed by atoms with Crippen molar-refractivity contribution in [1.82, 2.24) is 15.2 Å². The van der Waals surface area contributed by atoms with E-state index in [1.54, 1.807) is 24.3 Å². The number of rotatable bonds is 4. The van der Waals surface area contributed by atoms with Crippen molar-refractivity contribution in [3.8, 4) is 10.6 Å². The van der Waals surface area contributed by atoms with Crippen LogP contribution in [0.25, 0.3) is 21.5 Å². The van der Waals surface area contributed by atoms with E-state index >= 15 is 0 Å². The second kappa shape index (κ2) is 6.49. The predicted octanol–water partition coefficient (Wildman–Crippen LogP) is 3.65. The highest BCUT2D eigenvalue weighted by atomic mass is 32.1. The molecule has 0 unspecified atom stereocenters. The number of nitrogens with zero attached hydrogens (tertiary/aromatic N) is 2. The molecule has 0 atom stereocenters. The Kier molecular flexibility index (Phi) is 4.02. The van der Waals surface area contributed by atoms with E-state index in [4.69, 9.17) is 0 Å². The average molecular weight is 366 g/mol. The van der Waals surface area contributed by atoms with Crippen molar-refractivity contribution >= 4 is 39.1 Å². The van der Waals surface area contributed by atoms with Crippen LogP contribution >= 0.6 is 11.3 Å².